The quantitative estimate of drug-likeness (QED) is 0.794. The second-order valence-corrected chi connectivity index (χ2v) is 7.40. The van der Waals surface area contributed by atoms with Crippen LogP contribution >= 0.6 is 0 Å². The zero-order chi connectivity index (χ0) is 17.9. The first kappa shape index (κ1) is 17.0. The summed E-state index contributed by atoms with van der Waals surface area (Å²) in [5.41, 5.74) is 0.982. The number of esters is 1. The Hall–Kier alpha value is -2.43. The van der Waals surface area contributed by atoms with Crippen LogP contribution in [0.3, 0.4) is 0 Å². The maximum absolute atomic E-state index is 12.4. The van der Waals surface area contributed by atoms with Gasteiger partial charge in [-0.3, -0.25) is 4.79 Å². The van der Waals surface area contributed by atoms with E-state index in [9.17, 15) is 9.59 Å². The zero-order valence-electron chi connectivity index (χ0n) is 14.9. The molecule has 1 saturated heterocycles. The van der Waals surface area contributed by atoms with Crippen molar-refractivity contribution in [1.29, 1.82) is 0 Å². The number of rotatable bonds is 3. The Morgan fingerprint density at radius 1 is 1.04 bits per heavy atom. The van der Waals surface area contributed by atoms with Gasteiger partial charge in [-0.15, -0.1) is 0 Å². The van der Waals surface area contributed by atoms with Crippen LogP contribution in [-0.4, -0.2) is 41.5 Å². The van der Waals surface area contributed by atoms with Crippen LogP contribution in [0.25, 0.3) is 10.9 Å². The van der Waals surface area contributed by atoms with Crippen LogP contribution in [0.1, 0.15) is 42.6 Å². The number of amides is 1. The first-order valence-corrected chi connectivity index (χ1v) is 9.51. The van der Waals surface area contributed by atoms with Gasteiger partial charge < -0.3 is 9.64 Å². The predicted octanol–water partition coefficient (Wildman–Crippen LogP) is 3.43. The summed E-state index contributed by atoms with van der Waals surface area (Å²) in [6.45, 7) is 1.39. The number of hydrogen-bond acceptors (Lipinski definition) is 4. The molecule has 136 valence electrons. The average molecular weight is 352 g/mol. The minimum atomic E-state index is -0.545. The molecule has 2 aromatic rings. The van der Waals surface area contributed by atoms with Gasteiger partial charge in [0.15, 0.2) is 6.61 Å². The largest absolute Gasteiger partial charge is 0.451 e. The Balaban J connectivity index is 1.34. The molecule has 1 aromatic heterocycles. The number of para-hydroxylation sites is 1. The highest BCUT2D eigenvalue weighted by Crippen LogP contribution is 2.36. The first-order valence-electron chi connectivity index (χ1n) is 9.51. The molecule has 1 saturated carbocycles. The summed E-state index contributed by atoms with van der Waals surface area (Å²) in [5.74, 6) is 0.760. The highest BCUT2D eigenvalue weighted by molar-refractivity contribution is 5.92. The predicted molar refractivity (Wildman–Crippen MR) is 98.7 cm³/mol. The molecule has 2 atom stereocenters. The zero-order valence-corrected chi connectivity index (χ0v) is 14.9. The highest BCUT2D eigenvalue weighted by atomic mass is 16.5. The second kappa shape index (κ2) is 7.44. The first-order chi connectivity index (χ1) is 12.7. The van der Waals surface area contributed by atoms with E-state index < -0.39 is 5.97 Å². The summed E-state index contributed by atoms with van der Waals surface area (Å²) in [7, 11) is 0. The number of hydrogen-bond donors (Lipinski definition) is 0. The summed E-state index contributed by atoms with van der Waals surface area (Å²) in [6, 6.07) is 11.1. The van der Waals surface area contributed by atoms with Crippen molar-refractivity contribution in [2.75, 3.05) is 19.7 Å². The van der Waals surface area contributed by atoms with Crippen molar-refractivity contribution in [2.45, 2.75) is 32.1 Å². The molecular formula is C21H24N2O3. The summed E-state index contributed by atoms with van der Waals surface area (Å²) < 4.78 is 5.24. The Morgan fingerprint density at radius 3 is 2.73 bits per heavy atom. The van der Waals surface area contributed by atoms with Gasteiger partial charge in [-0.25, -0.2) is 9.78 Å². The fourth-order valence-electron chi connectivity index (χ4n) is 4.30. The van der Waals surface area contributed by atoms with Crippen molar-refractivity contribution in [3.8, 4) is 0 Å². The number of benzene rings is 1. The van der Waals surface area contributed by atoms with Crippen LogP contribution in [0.15, 0.2) is 36.4 Å². The van der Waals surface area contributed by atoms with Gasteiger partial charge in [0.2, 0.25) is 0 Å². The van der Waals surface area contributed by atoms with E-state index in [0.717, 1.165) is 36.3 Å². The molecule has 2 aliphatic rings. The van der Waals surface area contributed by atoms with Crippen LogP contribution in [0.4, 0.5) is 0 Å². The standard InChI is InChI=1S/C21H24N2O3/c24-20(23-12-11-15-5-1-2-7-17(15)13-23)14-26-21(25)19-10-9-16-6-3-4-8-18(16)22-19/h3-4,6,8-10,15,17H,1-2,5,7,11-14H2/t15-,17+/m1/s1. The Morgan fingerprint density at radius 2 is 1.85 bits per heavy atom. The Kier molecular flexibility index (Phi) is 4.87. The number of likely N-dealkylation sites (tertiary alicyclic amines) is 1. The van der Waals surface area contributed by atoms with Gasteiger partial charge >= 0.3 is 5.97 Å². The molecule has 4 rings (SSSR count). The van der Waals surface area contributed by atoms with Gasteiger partial charge in [0, 0.05) is 18.5 Å². The minimum Gasteiger partial charge on any atom is -0.451 e. The maximum Gasteiger partial charge on any atom is 0.357 e. The summed E-state index contributed by atoms with van der Waals surface area (Å²) in [6.07, 6.45) is 6.19. The maximum atomic E-state index is 12.4. The van der Waals surface area contributed by atoms with Crippen LogP contribution in [0, 0.1) is 11.8 Å². The fraction of sp³-hybridized carbons (Fsp3) is 0.476. The van der Waals surface area contributed by atoms with E-state index in [1.54, 1.807) is 6.07 Å². The number of carbonyl (C=O) groups excluding carboxylic acids is 2. The molecule has 2 heterocycles. The number of pyridine rings is 1. The van der Waals surface area contributed by atoms with Crippen molar-refractivity contribution in [3.05, 3.63) is 42.1 Å². The molecule has 0 radical (unpaired) electrons. The van der Waals surface area contributed by atoms with Gasteiger partial charge in [0.1, 0.15) is 5.69 Å². The van der Waals surface area contributed by atoms with E-state index in [4.69, 9.17) is 4.74 Å². The number of fused-ring (bicyclic) bond motifs is 2. The van der Waals surface area contributed by atoms with Crippen molar-refractivity contribution in [3.63, 3.8) is 0 Å². The molecule has 0 N–H and O–H groups in total. The van der Waals surface area contributed by atoms with Crippen molar-refractivity contribution in [2.24, 2.45) is 11.8 Å². The molecule has 2 fully saturated rings. The van der Waals surface area contributed by atoms with E-state index in [1.807, 2.05) is 35.2 Å². The monoisotopic (exact) mass is 352 g/mol. The van der Waals surface area contributed by atoms with Crippen LogP contribution in [0.2, 0.25) is 0 Å². The van der Waals surface area contributed by atoms with Crippen molar-refractivity contribution in [1.82, 2.24) is 9.88 Å². The third-order valence-corrected chi connectivity index (χ3v) is 5.78. The van der Waals surface area contributed by atoms with Gasteiger partial charge in [0.05, 0.1) is 5.52 Å². The van der Waals surface area contributed by atoms with E-state index in [1.165, 1.54) is 25.7 Å². The van der Waals surface area contributed by atoms with E-state index in [-0.39, 0.29) is 18.2 Å². The Bertz CT molecular complexity index is 820. The normalized spacial score (nSPS) is 22.7. The summed E-state index contributed by atoms with van der Waals surface area (Å²) >= 11 is 0. The van der Waals surface area contributed by atoms with Crippen molar-refractivity contribution < 1.29 is 14.3 Å². The lowest BCUT2D eigenvalue weighted by molar-refractivity contribution is -0.137. The molecule has 1 aliphatic heterocycles. The summed E-state index contributed by atoms with van der Waals surface area (Å²) in [4.78, 5) is 30.9. The molecule has 26 heavy (non-hydrogen) atoms. The number of piperidine rings is 1. The van der Waals surface area contributed by atoms with Crippen LogP contribution < -0.4 is 0 Å². The third-order valence-electron chi connectivity index (χ3n) is 5.78. The lowest BCUT2D eigenvalue weighted by atomic mass is 9.75. The second-order valence-electron chi connectivity index (χ2n) is 7.40. The average Bonchev–Trinajstić information content (AvgIpc) is 2.71. The van der Waals surface area contributed by atoms with Gasteiger partial charge in [-0.05, 0) is 36.8 Å². The van der Waals surface area contributed by atoms with Gasteiger partial charge in [-0.2, -0.15) is 0 Å². The van der Waals surface area contributed by atoms with E-state index in [0.29, 0.717) is 5.92 Å². The lowest BCUT2D eigenvalue weighted by Crippen LogP contribution is -2.46. The fourth-order valence-corrected chi connectivity index (χ4v) is 4.30. The highest BCUT2D eigenvalue weighted by Gasteiger charge is 2.33. The van der Waals surface area contributed by atoms with Gasteiger partial charge in [0.25, 0.3) is 5.91 Å². The molecule has 0 unspecified atom stereocenters. The SMILES string of the molecule is O=C(OCC(=O)N1CC[C@H]2CCCC[C@H]2C1)c1ccc2ccccc2n1. The molecule has 0 spiro atoms. The van der Waals surface area contributed by atoms with E-state index in [2.05, 4.69) is 4.98 Å². The molecule has 1 aliphatic carbocycles. The molecule has 5 heteroatoms. The topological polar surface area (TPSA) is 59.5 Å². The van der Waals surface area contributed by atoms with E-state index >= 15 is 0 Å². The van der Waals surface area contributed by atoms with Crippen LogP contribution in [0.5, 0.6) is 0 Å². The number of aromatic nitrogens is 1. The third kappa shape index (κ3) is 3.57. The van der Waals surface area contributed by atoms with Crippen molar-refractivity contribution >= 4 is 22.8 Å². The number of nitrogens with zero attached hydrogens (tertiary/aromatic N) is 2. The molecular weight excluding hydrogens is 328 g/mol. The number of carbonyl (C=O) groups is 2. The molecule has 5 nitrogen and oxygen atoms in total. The van der Waals surface area contributed by atoms with Gasteiger partial charge in [-0.1, -0.05) is 43.5 Å². The van der Waals surface area contributed by atoms with Crippen LogP contribution in [-0.2, 0) is 9.53 Å². The summed E-state index contributed by atoms with van der Waals surface area (Å²) in [5, 5.41) is 0.968. The lowest BCUT2D eigenvalue weighted by Gasteiger charge is -2.41. The smallest absolute Gasteiger partial charge is 0.357 e. The molecule has 1 aromatic carbocycles. The molecule has 0 bridgehead atoms. The minimum absolute atomic E-state index is 0.0943. The number of ether oxygens (including phenoxy) is 1. The molecule has 1 amide bonds. The Labute approximate surface area is 153 Å².